The molecule has 1 heterocycles. The van der Waals surface area contributed by atoms with Gasteiger partial charge in [-0.25, -0.2) is 0 Å². The van der Waals surface area contributed by atoms with E-state index in [-0.39, 0.29) is 0 Å². The Hall–Kier alpha value is -0.0800. The lowest BCUT2D eigenvalue weighted by atomic mass is 9.80. The highest BCUT2D eigenvalue weighted by Crippen LogP contribution is 2.28. The second-order valence-electron chi connectivity index (χ2n) is 6.65. The van der Waals surface area contributed by atoms with Crippen molar-refractivity contribution in [1.82, 2.24) is 10.2 Å². The van der Waals surface area contributed by atoms with Crippen molar-refractivity contribution < 1.29 is 0 Å². The number of hydrogen-bond acceptors (Lipinski definition) is 2. The lowest BCUT2D eigenvalue weighted by Crippen LogP contribution is -2.47. The molecule has 2 heteroatoms. The SMILES string of the molecule is CC1CC(C)CC(NCC2CCCCN2C)C1. The Morgan fingerprint density at radius 3 is 2.41 bits per heavy atom. The first-order chi connectivity index (χ1) is 8.15. The molecule has 0 spiro atoms. The fraction of sp³-hybridized carbons (Fsp3) is 1.00. The molecule has 3 atom stereocenters. The zero-order valence-electron chi connectivity index (χ0n) is 11.9. The summed E-state index contributed by atoms with van der Waals surface area (Å²) in [6.45, 7) is 7.33. The van der Waals surface area contributed by atoms with Gasteiger partial charge in [0.25, 0.3) is 0 Å². The number of rotatable bonds is 3. The molecule has 2 nitrogen and oxygen atoms in total. The molecular weight excluding hydrogens is 208 g/mol. The van der Waals surface area contributed by atoms with Gasteiger partial charge in [-0.15, -0.1) is 0 Å². The first kappa shape index (κ1) is 13.4. The predicted molar refractivity (Wildman–Crippen MR) is 74.2 cm³/mol. The topological polar surface area (TPSA) is 15.3 Å². The quantitative estimate of drug-likeness (QED) is 0.813. The Morgan fingerprint density at radius 2 is 1.76 bits per heavy atom. The van der Waals surface area contributed by atoms with Crippen LogP contribution in [0, 0.1) is 11.8 Å². The lowest BCUT2D eigenvalue weighted by Gasteiger charge is -2.36. The Labute approximate surface area is 107 Å². The molecule has 0 radical (unpaired) electrons. The summed E-state index contributed by atoms with van der Waals surface area (Å²) < 4.78 is 0. The van der Waals surface area contributed by atoms with Crippen LogP contribution in [0.4, 0.5) is 0 Å². The van der Waals surface area contributed by atoms with E-state index in [1.54, 1.807) is 0 Å². The summed E-state index contributed by atoms with van der Waals surface area (Å²) in [4.78, 5) is 2.55. The predicted octanol–water partition coefficient (Wildman–Crippen LogP) is 2.89. The minimum atomic E-state index is 0.782. The number of piperidine rings is 1. The van der Waals surface area contributed by atoms with Gasteiger partial charge < -0.3 is 10.2 Å². The molecule has 1 saturated heterocycles. The van der Waals surface area contributed by atoms with Crippen molar-refractivity contribution in [2.24, 2.45) is 11.8 Å². The van der Waals surface area contributed by atoms with Gasteiger partial charge in [0, 0.05) is 18.6 Å². The third kappa shape index (κ3) is 3.96. The third-order valence-electron chi connectivity index (χ3n) is 4.74. The molecule has 2 fully saturated rings. The number of nitrogens with one attached hydrogen (secondary N) is 1. The van der Waals surface area contributed by atoms with Crippen molar-refractivity contribution in [2.75, 3.05) is 20.1 Å². The standard InChI is InChI=1S/C15H30N2/c1-12-8-13(2)10-14(9-12)16-11-15-6-4-5-7-17(15)3/h12-16H,4-11H2,1-3H3. The third-order valence-corrected chi connectivity index (χ3v) is 4.74. The van der Waals surface area contributed by atoms with Crippen LogP contribution in [0.1, 0.15) is 52.4 Å². The molecule has 0 amide bonds. The van der Waals surface area contributed by atoms with Crippen LogP contribution in [0.15, 0.2) is 0 Å². The molecule has 0 aromatic heterocycles. The molecule has 1 saturated carbocycles. The van der Waals surface area contributed by atoms with Gasteiger partial charge >= 0.3 is 0 Å². The van der Waals surface area contributed by atoms with Crippen molar-refractivity contribution in [2.45, 2.75) is 64.5 Å². The van der Waals surface area contributed by atoms with Crippen LogP contribution in [-0.4, -0.2) is 37.1 Å². The maximum Gasteiger partial charge on any atom is 0.0217 e. The zero-order chi connectivity index (χ0) is 12.3. The van der Waals surface area contributed by atoms with Crippen LogP contribution in [0.3, 0.4) is 0 Å². The van der Waals surface area contributed by atoms with E-state index in [4.69, 9.17) is 0 Å². The molecular formula is C15H30N2. The maximum atomic E-state index is 3.84. The number of likely N-dealkylation sites (N-methyl/N-ethyl adjacent to an activating group) is 1. The molecule has 100 valence electrons. The van der Waals surface area contributed by atoms with Crippen LogP contribution in [0.5, 0.6) is 0 Å². The first-order valence-corrected chi connectivity index (χ1v) is 7.58. The lowest BCUT2D eigenvalue weighted by molar-refractivity contribution is 0.164. The van der Waals surface area contributed by atoms with E-state index in [1.165, 1.54) is 51.6 Å². The van der Waals surface area contributed by atoms with Crippen LogP contribution in [0.2, 0.25) is 0 Å². The minimum Gasteiger partial charge on any atom is -0.312 e. The highest BCUT2D eigenvalue weighted by molar-refractivity contribution is 4.83. The smallest absolute Gasteiger partial charge is 0.0217 e. The number of hydrogen-bond donors (Lipinski definition) is 1. The average Bonchev–Trinajstić information content (AvgIpc) is 2.27. The second-order valence-corrected chi connectivity index (χ2v) is 6.65. The molecule has 3 unspecified atom stereocenters. The van der Waals surface area contributed by atoms with Gasteiger partial charge in [0.2, 0.25) is 0 Å². The van der Waals surface area contributed by atoms with Gasteiger partial charge in [-0.05, 0) is 57.5 Å². The monoisotopic (exact) mass is 238 g/mol. The van der Waals surface area contributed by atoms with Gasteiger partial charge in [-0.1, -0.05) is 20.3 Å². The number of likely N-dealkylation sites (tertiary alicyclic amines) is 1. The second kappa shape index (κ2) is 6.19. The van der Waals surface area contributed by atoms with Gasteiger partial charge in [0.15, 0.2) is 0 Å². The molecule has 17 heavy (non-hydrogen) atoms. The van der Waals surface area contributed by atoms with E-state index in [0.29, 0.717) is 0 Å². The van der Waals surface area contributed by atoms with Crippen molar-refractivity contribution >= 4 is 0 Å². The largest absolute Gasteiger partial charge is 0.312 e. The first-order valence-electron chi connectivity index (χ1n) is 7.58. The fourth-order valence-electron chi connectivity index (χ4n) is 3.82. The normalized spacial score (nSPS) is 40.4. The summed E-state index contributed by atoms with van der Waals surface area (Å²) in [6.07, 6.45) is 8.42. The molecule has 0 aromatic carbocycles. The Bertz CT molecular complexity index is 219. The van der Waals surface area contributed by atoms with Crippen LogP contribution in [0.25, 0.3) is 0 Å². The summed E-state index contributed by atoms with van der Waals surface area (Å²) in [5.74, 6) is 1.83. The Balaban J connectivity index is 1.73. The van der Waals surface area contributed by atoms with Crippen molar-refractivity contribution in [1.29, 1.82) is 0 Å². The van der Waals surface area contributed by atoms with Crippen molar-refractivity contribution in [3.05, 3.63) is 0 Å². The van der Waals surface area contributed by atoms with Crippen LogP contribution in [-0.2, 0) is 0 Å². The van der Waals surface area contributed by atoms with Crippen molar-refractivity contribution in [3.8, 4) is 0 Å². The molecule has 0 aromatic rings. The minimum absolute atomic E-state index is 0.782. The molecule has 2 rings (SSSR count). The van der Waals surface area contributed by atoms with Gasteiger partial charge in [-0.3, -0.25) is 0 Å². The molecule has 1 N–H and O–H groups in total. The summed E-state index contributed by atoms with van der Waals surface area (Å²) in [7, 11) is 2.29. The highest BCUT2D eigenvalue weighted by atomic mass is 15.2. The Kier molecular flexibility index (Phi) is 4.87. The zero-order valence-corrected chi connectivity index (χ0v) is 11.9. The fourth-order valence-corrected chi connectivity index (χ4v) is 3.82. The van der Waals surface area contributed by atoms with E-state index >= 15 is 0 Å². The summed E-state index contributed by atoms with van der Waals surface area (Å²) in [6, 6.07) is 1.57. The molecule has 1 aliphatic carbocycles. The van der Waals surface area contributed by atoms with E-state index in [1.807, 2.05) is 0 Å². The van der Waals surface area contributed by atoms with Gasteiger partial charge in [-0.2, -0.15) is 0 Å². The van der Waals surface area contributed by atoms with Crippen molar-refractivity contribution in [3.63, 3.8) is 0 Å². The van der Waals surface area contributed by atoms with Gasteiger partial charge in [0.1, 0.15) is 0 Å². The van der Waals surface area contributed by atoms with Crippen LogP contribution >= 0.6 is 0 Å². The van der Waals surface area contributed by atoms with E-state index in [0.717, 1.165) is 23.9 Å². The Morgan fingerprint density at radius 1 is 1.06 bits per heavy atom. The number of nitrogens with zero attached hydrogens (tertiary/aromatic N) is 1. The van der Waals surface area contributed by atoms with Crippen LogP contribution < -0.4 is 5.32 Å². The summed E-state index contributed by atoms with van der Waals surface area (Å²) >= 11 is 0. The molecule has 1 aliphatic heterocycles. The molecule has 0 bridgehead atoms. The average molecular weight is 238 g/mol. The highest BCUT2D eigenvalue weighted by Gasteiger charge is 2.25. The summed E-state index contributed by atoms with van der Waals surface area (Å²) in [5, 5.41) is 3.84. The van der Waals surface area contributed by atoms with E-state index in [9.17, 15) is 0 Å². The summed E-state index contributed by atoms with van der Waals surface area (Å²) in [5.41, 5.74) is 0. The maximum absolute atomic E-state index is 3.84. The van der Waals surface area contributed by atoms with Gasteiger partial charge in [0.05, 0.1) is 0 Å². The van der Waals surface area contributed by atoms with E-state index in [2.05, 4.69) is 31.1 Å². The van der Waals surface area contributed by atoms with E-state index < -0.39 is 0 Å². The molecule has 2 aliphatic rings.